The number of carbonyl (C=O) groups excluding carboxylic acids is 2. The summed E-state index contributed by atoms with van der Waals surface area (Å²) in [7, 11) is 1.55. The molecule has 0 aliphatic heterocycles. The molecule has 0 radical (unpaired) electrons. The van der Waals surface area contributed by atoms with Gasteiger partial charge in [0.15, 0.2) is 0 Å². The Morgan fingerprint density at radius 2 is 1.52 bits per heavy atom. The van der Waals surface area contributed by atoms with Crippen molar-refractivity contribution in [2.24, 2.45) is 0 Å². The number of carbonyl (C=O) groups is 2. The third-order valence-corrected chi connectivity index (χ3v) is 4.42. The van der Waals surface area contributed by atoms with Crippen LogP contribution in [0.5, 0.6) is 5.75 Å². The van der Waals surface area contributed by atoms with Crippen LogP contribution in [0.25, 0.3) is 11.1 Å². The molecule has 6 heteroatoms. The van der Waals surface area contributed by atoms with Crippen LogP contribution in [0.2, 0.25) is 0 Å². The summed E-state index contributed by atoms with van der Waals surface area (Å²) < 4.78 is 5.07. The smallest absolute Gasteiger partial charge is 0.251 e. The second-order valence-corrected chi connectivity index (χ2v) is 6.37. The van der Waals surface area contributed by atoms with E-state index in [1.54, 1.807) is 43.5 Å². The second kappa shape index (κ2) is 9.52. The standard InChI is InChI=1S/C23H22N2O4/c1-29-20-13-11-19(12-14-20)24-23(28)21(15-26)25-22(27)18-9-7-17(8-10-18)16-5-3-2-4-6-16/h2-14,21,26H,15H2,1H3,(H,24,28)(H,25,27). The second-order valence-electron chi connectivity index (χ2n) is 6.37. The molecule has 0 aliphatic rings. The molecule has 3 rings (SSSR count). The third kappa shape index (κ3) is 5.21. The predicted molar refractivity (Wildman–Crippen MR) is 112 cm³/mol. The molecule has 29 heavy (non-hydrogen) atoms. The molecule has 0 fully saturated rings. The fraction of sp³-hybridized carbons (Fsp3) is 0.130. The van der Waals surface area contributed by atoms with Crippen LogP contribution in [0, 0.1) is 0 Å². The Kier molecular flexibility index (Phi) is 6.60. The van der Waals surface area contributed by atoms with Crippen LogP contribution >= 0.6 is 0 Å². The lowest BCUT2D eigenvalue weighted by Gasteiger charge is -2.16. The number of amides is 2. The van der Waals surface area contributed by atoms with E-state index in [0.29, 0.717) is 17.0 Å². The molecule has 1 atom stereocenters. The molecule has 3 aromatic rings. The Balaban J connectivity index is 1.63. The maximum atomic E-state index is 12.5. The number of aliphatic hydroxyl groups excluding tert-OH is 1. The zero-order chi connectivity index (χ0) is 20.6. The lowest BCUT2D eigenvalue weighted by Crippen LogP contribution is -2.46. The molecular formula is C23H22N2O4. The summed E-state index contributed by atoms with van der Waals surface area (Å²) >= 11 is 0. The van der Waals surface area contributed by atoms with Crippen LogP contribution in [0.3, 0.4) is 0 Å². The fourth-order valence-corrected chi connectivity index (χ4v) is 2.78. The minimum Gasteiger partial charge on any atom is -0.497 e. The van der Waals surface area contributed by atoms with E-state index in [2.05, 4.69) is 10.6 Å². The number of hydrogen-bond donors (Lipinski definition) is 3. The number of hydrogen-bond acceptors (Lipinski definition) is 4. The quantitative estimate of drug-likeness (QED) is 0.579. The van der Waals surface area contributed by atoms with Gasteiger partial charge in [-0.3, -0.25) is 9.59 Å². The first-order chi connectivity index (χ1) is 14.1. The van der Waals surface area contributed by atoms with Crippen molar-refractivity contribution in [2.75, 3.05) is 19.0 Å². The summed E-state index contributed by atoms with van der Waals surface area (Å²) in [5.74, 6) is -0.283. The summed E-state index contributed by atoms with van der Waals surface area (Å²) in [4.78, 5) is 24.9. The van der Waals surface area contributed by atoms with Gasteiger partial charge in [0, 0.05) is 11.3 Å². The number of rotatable bonds is 7. The molecule has 0 aromatic heterocycles. The van der Waals surface area contributed by atoms with Crippen molar-refractivity contribution < 1.29 is 19.4 Å². The Labute approximate surface area is 169 Å². The first-order valence-electron chi connectivity index (χ1n) is 9.13. The summed E-state index contributed by atoms with van der Waals surface area (Å²) in [6.45, 7) is -0.518. The van der Waals surface area contributed by atoms with Crippen molar-refractivity contribution in [3.63, 3.8) is 0 Å². The van der Waals surface area contributed by atoms with Gasteiger partial charge in [0.25, 0.3) is 5.91 Å². The topological polar surface area (TPSA) is 87.7 Å². The highest BCUT2D eigenvalue weighted by Gasteiger charge is 2.21. The summed E-state index contributed by atoms with van der Waals surface area (Å²) in [5.41, 5.74) is 2.97. The zero-order valence-corrected chi connectivity index (χ0v) is 16.0. The van der Waals surface area contributed by atoms with Crippen molar-refractivity contribution in [3.8, 4) is 16.9 Å². The van der Waals surface area contributed by atoms with Gasteiger partial charge in [-0.1, -0.05) is 42.5 Å². The molecule has 1 unspecified atom stereocenters. The van der Waals surface area contributed by atoms with E-state index >= 15 is 0 Å². The third-order valence-electron chi connectivity index (χ3n) is 4.42. The van der Waals surface area contributed by atoms with Crippen LogP contribution < -0.4 is 15.4 Å². The first kappa shape index (κ1) is 20.1. The fourth-order valence-electron chi connectivity index (χ4n) is 2.78. The van der Waals surface area contributed by atoms with E-state index in [4.69, 9.17) is 4.74 Å². The lowest BCUT2D eigenvalue weighted by atomic mass is 10.0. The molecule has 6 nitrogen and oxygen atoms in total. The average molecular weight is 390 g/mol. The maximum absolute atomic E-state index is 12.5. The highest BCUT2D eigenvalue weighted by molar-refractivity contribution is 6.01. The summed E-state index contributed by atoms with van der Waals surface area (Å²) in [5, 5.41) is 14.8. The van der Waals surface area contributed by atoms with E-state index in [0.717, 1.165) is 11.1 Å². The maximum Gasteiger partial charge on any atom is 0.251 e. The van der Waals surface area contributed by atoms with Gasteiger partial charge in [-0.25, -0.2) is 0 Å². The van der Waals surface area contributed by atoms with E-state index in [1.807, 2.05) is 42.5 Å². The minimum atomic E-state index is -1.07. The molecule has 0 heterocycles. The Morgan fingerprint density at radius 3 is 2.10 bits per heavy atom. The van der Waals surface area contributed by atoms with Crippen molar-refractivity contribution in [1.82, 2.24) is 5.32 Å². The Hall–Kier alpha value is -3.64. The average Bonchev–Trinajstić information content (AvgIpc) is 2.78. The van der Waals surface area contributed by atoms with Crippen molar-refractivity contribution in [3.05, 3.63) is 84.4 Å². The number of nitrogens with one attached hydrogen (secondary N) is 2. The molecule has 2 amide bonds. The monoisotopic (exact) mass is 390 g/mol. The molecule has 0 saturated heterocycles. The van der Waals surface area contributed by atoms with Gasteiger partial charge in [0.2, 0.25) is 5.91 Å². The van der Waals surface area contributed by atoms with Gasteiger partial charge in [0.1, 0.15) is 11.8 Å². The Morgan fingerprint density at radius 1 is 0.897 bits per heavy atom. The molecule has 148 valence electrons. The molecule has 3 N–H and O–H groups in total. The van der Waals surface area contributed by atoms with Crippen molar-refractivity contribution >= 4 is 17.5 Å². The largest absolute Gasteiger partial charge is 0.497 e. The van der Waals surface area contributed by atoms with Crippen LogP contribution in [0.4, 0.5) is 5.69 Å². The van der Waals surface area contributed by atoms with E-state index in [-0.39, 0.29) is 0 Å². The highest BCUT2D eigenvalue weighted by Crippen LogP contribution is 2.19. The van der Waals surface area contributed by atoms with Gasteiger partial charge < -0.3 is 20.5 Å². The number of aliphatic hydroxyl groups is 1. The van der Waals surface area contributed by atoms with Gasteiger partial charge in [-0.2, -0.15) is 0 Å². The minimum absolute atomic E-state index is 0.403. The summed E-state index contributed by atoms with van der Waals surface area (Å²) in [6.07, 6.45) is 0. The zero-order valence-electron chi connectivity index (χ0n) is 16.0. The Bertz CT molecular complexity index is 954. The van der Waals surface area contributed by atoms with Gasteiger partial charge >= 0.3 is 0 Å². The van der Waals surface area contributed by atoms with E-state index in [1.165, 1.54) is 0 Å². The molecule has 3 aromatic carbocycles. The molecule has 0 aliphatic carbocycles. The van der Waals surface area contributed by atoms with Crippen molar-refractivity contribution in [2.45, 2.75) is 6.04 Å². The number of anilines is 1. The van der Waals surface area contributed by atoms with E-state index < -0.39 is 24.5 Å². The van der Waals surface area contributed by atoms with Gasteiger partial charge in [0.05, 0.1) is 13.7 Å². The highest BCUT2D eigenvalue weighted by atomic mass is 16.5. The molecular weight excluding hydrogens is 368 g/mol. The molecule has 0 saturated carbocycles. The lowest BCUT2D eigenvalue weighted by molar-refractivity contribution is -0.118. The summed E-state index contributed by atoms with van der Waals surface area (Å²) in [6, 6.07) is 22.6. The number of ether oxygens (including phenoxy) is 1. The van der Waals surface area contributed by atoms with E-state index in [9.17, 15) is 14.7 Å². The SMILES string of the molecule is COc1ccc(NC(=O)C(CO)NC(=O)c2ccc(-c3ccccc3)cc2)cc1. The van der Waals surface area contributed by atoms with Crippen molar-refractivity contribution in [1.29, 1.82) is 0 Å². The van der Waals surface area contributed by atoms with Crippen LogP contribution in [-0.4, -0.2) is 36.7 Å². The number of methoxy groups -OCH3 is 1. The predicted octanol–water partition coefficient (Wildman–Crippen LogP) is 3.09. The van der Waals surface area contributed by atoms with Crippen LogP contribution in [-0.2, 0) is 4.79 Å². The normalized spacial score (nSPS) is 11.4. The van der Waals surface area contributed by atoms with Gasteiger partial charge in [-0.15, -0.1) is 0 Å². The number of benzene rings is 3. The van der Waals surface area contributed by atoms with Gasteiger partial charge in [-0.05, 0) is 47.5 Å². The van der Waals surface area contributed by atoms with Crippen LogP contribution in [0.15, 0.2) is 78.9 Å². The van der Waals surface area contributed by atoms with Crippen LogP contribution in [0.1, 0.15) is 10.4 Å². The first-order valence-corrected chi connectivity index (χ1v) is 9.13. The molecule has 0 spiro atoms. The molecule has 0 bridgehead atoms.